The minimum atomic E-state index is -0.138. The fourth-order valence-electron chi connectivity index (χ4n) is 3.05. The van der Waals surface area contributed by atoms with Crippen molar-refractivity contribution in [1.29, 1.82) is 0 Å². The minimum absolute atomic E-state index is 0.00389. The Kier molecular flexibility index (Phi) is 6.40. The molecule has 0 aliphatic carbocycles. The quantitative estimate of drug-likeness (QED) is 0.590. The number of amides is 1. The highest BCUT2D eigenvalue weighted by Crippen LogP contribution is 2.19. The van der Waals surface area contributed by atoms with Crippen molar-refractivity contribution in [3.63, 3.8) is 0 Å². The molecule has 140 valence electrons. The zero-order chi connectivity index (χ0) is 19.2. The fourth-order valence-corrected chi connectivity index (χ4v) is 3.32. The highest BCUT2D eigenvalue weighted by atomic mass is 79.9. The summed E-state index contributed by atoms with van der Waals surface area (Å²) in [6.45, 7) is 2.05. The van der Waals surface area contributed by atoms with Gasteiger partial charge in [0.15, 0.2) is 0 Å². The number of carbonyl (C=O) groups is 1. The summed E-state index contributed by atoms with van der Waals surface area (Å²) in [4.78, 5) is 31.7. The summed E-state index contributed by atoms with van der Waals surface area (Å²) in [6.07, 6.45) is 2.41. The van der Waals surface area contributed by atoms with Crippen LogP contribution in [0.4, 0.5) is 0 Å². The smallest absolute Gasteiger partial charge is 0.258 e. The second-order valence-corrected chi connectivity index (χ2v) is 7.38. The van der Waals surface area contributed by atoms with Crippen LogP contribution in [0.1, 0.15) is 43.6 Å². The van der Waals surface area contributed by atoms with Gasteiger partial charge in [-0.05, 0) is 42.7 Å². The van der Waals surface area contributed by atoms with Gasteiger partial charge in [-0.25, -0.2) is 4.98 Å². The van der Waals surface area contributed by atoms with Gasteiger partial charge in [0.1, 0.15) is 5.82 Å². The molecule has 3 rings (SSSR count). The van der Waals surface area contributed by atoms with Gasteiger partial charge < -0.3 is 10.3 Å². The first-order valence-corrected chi connectivity index (χ1v) is 9.89. The van der Waals surface area contributed by atoms with Crippen LogP contribution in [0.5, 0.6) is 0 Å². The number of nitrogens with one attached hydrogen (secondary N) is 2. The first kappa shape index (κ1) is 19.3. The van der Waals surface area contributed by atoms with Crippen LogP contribution >= 0.6 is 15.9 Å². The predicted octanol–water partition coefficient (Wildman–Crippen LogP) is 4.28. The van der Waals surface area contributed by atoms with Crippen LogP contribution in [-0.2, 0) is 11.2 Å². The fraction of sp³-hybridized carbons (Fsp3) is 0.286. The molecule has 2 N–H and O–H groups in total. The van der Waals surface area contributed by atoms with Crippen molar-refractivity contribution in [2.75, 3.05) is 0 Å². The van der Waals surface area contributed by atoms with Crippen molar-refractivity contribution in [2.45, 2.75) is 38.6 Å². The standard InChI is InChI=1S/C21H22BrN3O2/c1-2-17(14-10-12-15(22)13-11-14)24-20(26)9-5-8-19-23-18-7-4-3-6-16(18)21(27)25-19/h3-4,6-7,10-13,17H,2,5,8-9H2,1H3,(H,24,26)(H,23,25,27)/t17-/m0/s1. The van der Waals surface area contributed by atoms with E-state index in [1.807, 2.05) is 42.5 Å². The molecule has 0 fully saturated rings. The zero-order valence-electron chi connectivity index (χ0n) is 15.2. The number of H-pyrrole nitrogens is 1. The number of hydrogen-bond donors (Lipinski definition) is 2. The lowest BCUT2D eigenvalue weighted by molar-refractivity contribution is -0.122. The van der Waals surface area contributed by atoms with E-state index in [0.717, 1.165) is 16.5 Å². The molecule has 0 unspecified atom stereocenters. The Morgan fingerprint density at radius 1 is 1.19 bits per heavy atom. The molecule has 1 aromatic heterocycles. The molecule has 0 bridgehead atoms. The largest absolute Gasteiger partial charge is 0.349 e. The van der Waals surface area contributed by atoms with E-state index >= 15 is 0 Å². The molecule has 0 aliphatic rings. The Morgan fingerprint density at radius 3 is 2.67 bits per heavy atom. The van der Waals surface area contributed by atoms with Crippen LogP contribution in [0.3, 0.4) is 0 Å². The Balaban J connectivity index is 1.56. The van der Waals surface area contributed by atoms with Crippen LogP contribution in [-0.4, -0.2) is 15.9 Å². The van der Waals surface area contributed by atoms with E-state index in [4.69, 9.17) is 0 Å². The van der Waals surface area contributed by atoms with E-state index in [9.17, 15) is 9.59 Å². The lowest BCUT2D eigenvalue weighted by Crippen LogP contribution is -2.28. The number of aryl methyl sites for hydroxylation is 1. The molecule has 0 radical (unpaired) electrons. The second kappa shape index (κ2) is 8.95. The van der Waals surface area contributed by atoms with E-state index in [1.165, 1.54) is 0 Å². The van der Waals surface area contributed by atoms with Gasteiger partial charge in [0.2, 0.25) is 5.91 Å². The summed E-state index contributed by atoms with van der Waals surface area (Å²) in [6, 6.07) is 15.3. The Hall–Kier alpha value is -2.47. The second-order valence-electron chi connectivity index (χ2n) is 6.46. The Bertz CT molecular complexity index is 983. The normalized spacial score (nSPS) is 12.1. The van der Waals surface area contributed by atoms with Gasteiger partial charge in [-0.15, -0.1) is 0 Å². The summed E-state index contributed by atoms with van der Waals surface area (Å²) in [7, 11) is 0. The monoisotopic (exact) mass is 427 g/mol. The number of hydrogen-bond acceptors (Lipinski definition) is 3. The third-order valence-corrected chi connectivity index (χ3v) is 5.02. The zero-order valence-corrected chi connectivity index (χ0v) is 16.8. The summed E-state index contributed by atoms with van der Waals surface area (Å²) in [5.74, 6) is 0.624. The molecule has 5 nitrogen and oxygen atoms in total. The van der Waals surface area contributed by atoms with Crippen molar-refractivity contribution in [2.24, 2.45) is 0 Å². The molecule has 0 spiro atoms. The lowest BCUT2D eigenvalue weighted by Gasteiger charge is -2.17. The number of nitrogens with zero attached hydrogens (tertiary/aromatic N) is 1. The summed E-state index contributed by atoms with van der Waals surface area (Å²) < 4.78 is 1.02. The number of para-hydroxylation sites is 1. The van der Waals surface area contributed by atoms with Crippen LogP contribution < -0.4 is 10.9 Å². The SMILES string of the molecule is CC[C@H](NC(=O)CCCc1nc2ccccc2c(=O)[nH]1)c1ccc(Br)cc1. The maximum Gasteiger partial charge on any atom is 0.258 e. The molecule has 1 heterocycles. The highest BCUT2D eigenvalue weighted by molar-refractivity contribution is 9.10. The lowest BCUT2D eigenvalue weighted by atomic mass is 10.0. The molecule has 1 amide bonds. The number of aromatic nitrogens is 2. The number of halogens is 1. The third-order valence-electron chi connectivity index (χ3n) is 4.50. The average Bonchev–Trinajstić information content (AvgIpc) is 2.67. The van der Waals surface area contributed by atoms with E-state index in [1.54, 1.807) is 6.07 Å². The maximum atomic E-state index is 12.3. The van der Waals surface area contributed by atoms with Crippen molar-refractivity contribution in [3.05, 3.63) is 74.7 Å². The van der Waals surface area contributed by atoms with Gasteiger partial charge in [-0.3, -0.25) is 9.59 Å². The van der Waals surface area contributed by atoms with E-state index < -0.39 is 0 Å². The molecular formula is C21H22BrN3O2. The number of benzene rings is 2. The molecule has 2 aromatic carbocycles. The summed E-state index contributed by atoms with van der Waals surface area (Å²) in [5, 5.41) is 3.67. The van der Waals surface area contributed by atoms with Crippen molar-refractivity contribution >= 4 is 32.7 Å². The van der Waals surface area contributed by atoms with Crippen LogP contribution in [0.25, 0.3) is 10.9 Å². The molecule has 27 heavy (non-hydrogen) atoms. The van der Waals surface area contributed by atoms with Crippen LogP contribution in [0.2, 0.25) is 0 Å². The van der Waals surface area contributed by atoms with Gasteiger partial charge in [0.05, 0.1) is 16.9 Å². The van der Waals surface area contributed by atoms with E-state index in [2.05, 4.69) is 38.1 Å². The molecular weight excluding hydrogens is 406 g/mol. The van der Waals surface area contributed by atoms with Gasteiger partial charge >= 0.3 is 0 Å². The number of aromatic amines is 1. The average molecular weight is 428 g/mol. The molecule has 3 aromatic rings. The number of fused-ring (bicyclic) bond motifs is 1. The van der Waals surface area contributed by atoms with Gasteiger partial charge in [-0.1, -0.05) is 47.1 Å². The first-order valence-electron chi connectivity index (χ1n) is 9.09. The molecule has 0 aliphatic heterocycles. The van der Waals surface area contributed by atoms with E-state index in [0.29, 0.717) is 36.0 Å². The summed E-state index contributed by atoms with van der Waals surface area (Å²) >= 11 is 3.43. The molecule has 0 saturated heterocycles. The Morgan fingerprint density at radius 2 is 1.93 bits per heavy atom. The molecule has 0 saturated carbocycles. The summed E-state index contributed by atoms with van der Waals surface area (Å²) in [5.41, 5.74) is 1.64. The third kappa shape index (κ3) is 5.04. The maximum absolute atomic E-state index is 12.3. The highest BCUT2D eigenvalue weighted by Gasteiger charge is 2.13. The van der Waals surface area contributed by atoms with Crippen molar-refractivity contribution < 1.29 is 4.79 Å². The van der Waals surface area contributed by atoms with Crippen LogP contribution in [0, 0.1) is 0 Å². The number of carbonyl (C=O) groups excluding carboxylic acids is 1. The number of rotatable bonds is 7. The Labute approximate surface area is 166 Å². The predicted molar refractivity (Wildman–Crippen MR) is 111 cm³/mol. The van der Waals surface area contributed by atoms with Crippen molar-refractivity contribution in [3.8, 4) is 0 Å². The van der Waals surface area contributed by atoms with Crippen molar-refractivity contribution in [1.82, 2.24) is 15.3 Å². The topological polar surface area (TPSA) is 74.8 Å². The van der Waals surface area contributed by atoms with E-state index in [-0.39, 0.29) is 17.5 Å². The van der Waals surface area contributed by atoms with Gasteiger partial charge in [-0.2, -0.15) is 0 Å². The van der Waals surface area contributed by atoms with Gasteiger partial charge in [0.25, 0.3) is 5.56 Å². The minimum Gasteiger partial charge on any atom is -0.349 e. The molecule has 6 heteroatoms. The van der Waals surface area contributed by atoms with Crippen LogP contribution in [0.15, 0.2) is 57.8 Å². The first-order chi connectivity index (χ1) is 13.1. The molecule has 1 atom stereocenters. The van der Waals surface area contributed by atoms with Gasteiger partial charge in [0, 0.05) is 17.3 Å².